The highest BCUT2D eigenvalue weighted by molar-refractivity contribution is 7.98. The van der Waals surface area contributed by atoms with Gasteiger partial charge in [0.2, 0.25) is 5.28 Å². The van der Waals surface area contributed by atoms with Gasteiger partial charge in [0.15, 0.2) is 5.82 Å². The number of carbonyl (C=O) groups excluding carboxylic acids is 1. The molecule has 6 nitrogen and oxygen atoms in total. The third-order valence-corrected chi connectivity index (χ3v) is 5.39. The Kier molecular flexibility index (Phi) is 4.54. The van der Waals surface area contributed by atoms with Crippen LogP contribution in [0.4, 0.5) is 11.5 Å². The van der Waals surface area contributed by atoms with Gasteiger partial charge in [-0.15, -0.1) is 11.8 Å². The van der Waals surface area contributed by atoms with Crippen molar-refractivity contribution in [3.05, 3.63) is 41.3 Å². The quantitative estimate of drug-likeness (QED) is 0.606. The van der Waals surface area contributed by atoms with E-state index in [0.717, 1.165) is 5.56 Å². The summed E-state index contributed by atoms with van der Waals surface area (Å²) in [7, 11) is 0. The molecule has 8 heteroatoms. The molecule has 1 aromatic heterocycles. The van der Waals surface area contributed by atoms with Crippen molar-refractivity contribution in [3.8, 4) is 0 Å². The van der Waals surface area contributed by atoms with E-state index >= 15 is 0 Å². The maximum Gasteiger partial charge on any atom is 0.252 e. The number of halogens is 1. The number of morpholine rings is 1. The molecule has 0 N–H and O–H groups in total. The van der Waals surface area contributed by atoms with Crippen LogP contribution in [0.25, 0.3) is 0 Å². The van der Waals surface area contributed by atoms with E-state index in [2.05, 4.69) is 22.1 Å². The molecule has 1 saturated heterocycles. The number of fused-ring (bicyclic) bond motifs is 3. The average molecular weight is 377 g/mol. The molecule has 2 aliphatic heterocycles. The SMILES string of the molecule is CSc1ccc(CN2C(=O)C3COCCN3c3nc(Cl)ncc32)cc1. The lowest BCUT2D eigenvalue weighted by Gasteiger charge is -2.43. The summed E-state index contributed by atoms with van der Waals surface area (Å²) in [6.45, 7) is 2.02. The van der Waals surface area contributed by atoms with Crippen LogP contribution in [-0.2, 0) is 16.1 Å². The summed E-state index contributed by atoms with van der Waals surface area (Å²) in [4.78, 5) is 26.4. The smallest absolute Gasteiger partial charge is 0.252 e. The number of anilines is 2. The normalized spacial score (nSPS) is 19.6. The number of benzene rings is 1. The lowest BCUT2D eigenvalue weighted by molar-refractivity contribution is -0.122. The summed E-state index contributed by atoms with van der Waals surface area (Å²) in [5, 5.41) is 0.183. The van der Waals surface area contributed by atoms with Crippen molar-refractivity contribution in [3.63, 3.8) is 0 Å². The number of hydrogen-bond acceptors (Lipinski definition) is 6. The molecule has 1 aromatic carbocycles. The summed E-state index contributed by atoms with van der Waals surface area (Å²) in [6.07, 6.45) is 3.67. The zero-order valence-electron chi connectivity index (χ0n) is 13.7. The van der Waals surface area contributed by atoms with E-state index in [4.69, 9.17) is 16.3 Å². The second-order valence-electron chi connectivity index (χ2n) is 5.90. The first kappa shape index (κ1) is 16.6. The van der Waals surface area contributed by atoms with Crippen molar-refractivity contribution < 1.29 is 9.53 Å². The molecule has 130 valence electrons. The number of thioether (sulfide) groups is 1. The Morgan fingerprint density at radius 1 is 1.36 bits per heavy atom. The molecule has 1 fully saturated rings. The molecular weight excluding hydrogens is 360 g/mol. The molecule has 3 heterocycles. The Morgan fingerprint density at radius 2 is 2.16 bits per heavy atom. The lowest BCUT2D eigenvalue weighted by Crippen LogP contribution is -2.58. The van der Waals surface area contributed by atoms with Crippen LogP contribution in [0, 0.1) is 0 Å². The van der Waals surface area contributed by atoms with Gasteiger partial charge in [-0.25, -0.2) is 4.98 Å². The molecule has 4 rings (SSSR count). The fourth-order valence-corrected chi connectivity index (χ4v) is 3.72. The van der Waals surface area contributed by atoms with Crippen molar-refractivity contribution in [2.24, 2.45) is 0 Å². The summed E-state index contributed by atoms with van der Waals surface area (Å²) >= 11 is 7.69. The van der Waals surface area contributed by atoms with Gasteiger partial charge in [0.1, 0.15) is 11.7 Å². The van der Waals surface area contributed by atoms with Crippen LogP contribution in [-0.4, -0.2) is 47.9 Å². The van der Waals surface area contributed by atoms with Gasteiger partial charge in [-0.1, -0.05) is 12.1 Å². The maximum atomic E-state index is 13.0. The molecule has 0 bridgehead atoms. The summed E-state index contributed by atoms with van der Waals surface area (Å²) in [5.74, 6) is 0.709. The first-order valence-corrected chi connectivity index (χ1v) is 9.59. The van der Waals surface area contributed by atoms with E-state index in [9.17, 15) is 4.79 Å². The van der Waals surface area contributed by atoms with E-state index < -0.39 is 0 Å². The van der Waals surface area contributed by atoms with Crippen LogP contribution in [0.2, 0.25) is 5.28 Å². The third kappa shape index (κ3) is 3.07. The van der Waals surface area contributed by atoms with Gasteiger partial charge in [0.05, 0.1) is 26.0 Å². The topological polar surface area (TPSA) is 58.6 Å². The molecule has 0 aliphatic carbocycles. The van der Waals surface area contributed by atoms with Gasteiger partial charge in [0.25, 0.3) is 5.91 Å². The van der Waals surface area contributed by atoms with Crippen LogP contribution in [0.3, 0.4) is 0 Å². The fourth-order valence-electron chi connectivity index (χ4n) is 3.18. The molecule has 0 spiro atoms. The fraction of sp³-hybridized carbons (Fsp3) is 0.353. The van der Waals surface area contributed by atoms with Gasteiger partial charge in [-0.2, -0.15) is 4.98 Å². The Bertz CT molecular complexity index is 802. The van der Waals surface area contributed by atoms with Crippen LogP contribution in [0.5, 0.6) is 0 Å². The number of nitrogens with zero attached hydrogens (tertiary/aromatic N) is 4. The van der Waals surface area contributed by atoms with E-state index in [-0.39, 0.29) is 17.2 Å². The molecule has 0 radical (unpaired) electrons. The molecule has 1 amide bonds. The molecule has 1 unspecified atom stereocenters. The second kappa shape index (κ2) is 6.82. The van der Waals surface area contributed by atoms with Gasteiger partial charge in [-0.3, -0.25) is 4.79 Å². The third-order valence-electron chi connectivity index (χ3n) is 4.46. The largest absolute Gasteiger partial charge is 0.377 e. The van der Waals surface area contributed by atoms with Gasteiger partial charge in [0, 0.05) is 11.4 Å². The first-order valence-electron chi connectivity index (χ1n) is 7.98. The number of carbonyl (C=O) groups is 1. The Labute approximate surface area is 155 Å². The highest BCUT2D eigenvalue weighted by atomic mass is 35.5. The van der Waals surface area contributed by atoms with Crippen molar-refractivity contribution in [2.75, 3.05) is 35.8 Å². The average Bonchev–Trinajstić information content (AvgIpc) is 2.66. The second-order valence-corrected chi connectivity index (χ2v) is 7.12. The minimum atomic E-state index is -0.363. The monoisotopic (exact) mass is 376 g/mol. The van der Waals surface area contributed by atoms with Crippen LogP contribution < -0.4 is 9.80 Å². The minimum absolute atomic E-state index is 0.00654. The Morgan fingerprint density at radius 3 is 2.92 bits per heavy atom. The zero-order chi connectivity index (χ0) is 17.4. The summed E-state index contributed by atoms with van der Waals surface area (Å²) in [6, 6.07) is 7.84. The molecular formula is C17H17ClN4O2S. The predicted octanol–water partition coefficient (Wildman–Crippen LogP) is 2.60. The maximum absolute atomic E-state index is 13.0. The van der Waals surface area contributed by atoms with Crippen molar-refractivity contribution in [1.82, 2.24) is 9.97 Å². The number of hydrogen-bond donors (Lipinski definition) is 0. The highest BCUT2D eigenvalue weighted by Crippen LogP contribution is 2.36. The van der Waals surface area contributed by atoms with E-state index in [1.165, 1.54) is 4.90 Å². The van der Waals surface area contributed by atoms with Gasteiger partial charge >= 0.3 is 0 Å². The zero-order valence-corrected chi connectivity index (χ0v) is 15.3. The molecule has 0 saturated carbocycles. The Balaban J connectivity index is 1.71. The van der Waals surface area contributed by atoms with Gasteiger partial charge in [-0.05, 0) is 35.6 Å². The lowest BCUT2D eigenvalue weighted by atomic mass is 10.1. The predicted molar refractivity (Wildman–Crippen MR) is 98.4 cm³/mol. The van der Waals surface area contributed by atoms with Crippen molar-refractivity contribution >= 4 is 40.8 Å². The number of aromatic nitrogens is 2. The molecule has 2 aliphatic rings. The number of amides is 1. The Hall–Kier alpha value is -1.83. The van der Waals surface area contributed by atoms with Crippen LogP contribution >= 0.6 is 23.4 Å². The van der Waals surface area contributed by atoms with Crippen molar-refractivity contribution in [1.29, 1.82) is 0 Å². The first-order chi connectivity index (χ1) is 12.2. The molecule has 25 heavy (non-hydrogen) atoms. The highest BCUT2D eigenvalue weighted by Gasteiger charge is 2.41. The van der Waals surface area contributed by atoms with Crippen molar-refractivity contribution in [2.45, 2.75) is 17.5 Å². The van der Waals surface area contributed by atoms with E-state index in [1.54, 1.807) is 22.9 Å². The summed E-state index contributed by atoms with van der Waals surface area (Å²) in [5.41, 5.74) is 1.75. The van der Waals surface area contributed by atoms with E-state index in [1.807, 2.05) is 23.3 Å². The summed E-state index contributed by atoms with van der Waals surface area (Å²) < 4.78 is 5.52. The van der Waals surface area contributed by atoms with Crippen LogP contribution in [0.15, 0.2) is 35.4 Å². The number of rotatable bonds is 3. The minimum Gasteiger partial charge on any atom is -0.377 e. The molecule has 1 atom stereocenters. The van der Waals surface area contributed by atoms with Crippen LogP contribution in [0.1, 0.15) is 5.56 Å². The van der Waals surface area contributed by atoms with E-state index in [0.29, 0.717) is 37.8 Å². The number of ether oxygens (including phenoxy) is 1. The standard InChI is InChI=1S/C17H17ClN4O2S/c1-25-12-4-2-11(3-5-12)9-22-13-8-19-17(18)20-15(13)21-6-7-24-10-14(21)16(22)23/h2-5,8,14H,6-7,9-10H2,1H3. The van der Waals surface area contributed by atoms with Gasteiger partial charge < -0.3 is 14.5 Å². The molecule has 2 aromatic rings.